The van der Waals surface area contributed by atoms with E-state index in [0.29, 0.717) is 0 Å². The maximum absolute atomic E-state index is 11.8. The Morgan fingerprint density at radius 2 is 1.78 bits per heavy atom. The average molecular weight is 322 g/mol. The van der Waals surface area contributed by atoms with E-state index in [9.17, 15) is 14.9 Å². The molecule has 124 valence electrons. The number of methoxy groups -OCH3 is 1. The summed E-state index contributed by atoms with van der Waals surface area (Å²) >= 11 is 0. The highest BCUT2D eigenvalue weighted by Gasteiger charge is 2.52. The Hall–Kier alpha value is -2.13. The third-order valence-corrected chi connectivity index (χ3v) is 4.32. The molecule has 0 saturated carbocycles. The van der Waals surface area contributed by atoms with E-state index in [-0.39, 0.29) is 16.7 Å². The van der Waals surface area contributed by atoms with E-state index in [4.69, 9.17) is 15.0 Å². The number of nitro benzene ring substituents is 1. The van der Waals surface area contributed by atoms with Crippen molar-refractivity contribution in [2.24, 2.45) is 0 Å². The van der Waals surface area contributed by atoms with Crippen molar-refractivity contribution in [1.29, 1.82) is 0 Å². The maximum atomic E-state index is 11.8. The minimum absolute atomic E-state index is 0.0121. The van der Waals surface area contributed by atoms with Crippen molar-refractivity contribution in [2.45, 2.75) is 38.9 Å². The third-order valence-electron chi connectivity index (χ3n) is 4.32. The molecule has 1 fully saturated rings. The molecule has 1 aromatic rings. The number of rotatable bonds is 3. The minimum Gasteiger partial charge on any atom is -0.465 e. The van der Waals surface area contributed by atoms with E-state index in [0.717, 1.165) is 6.07 Å². The van der Waals surface area contributed by atoms with Crippen LogP contribution in [-0.4, -0.2) is 36.3 Å². The highest BCUT2D eigenvalue weighted by molar-refractivity contribution is 6.64. The van der Waals surface area contributed by atoms with Crippen LogP contribution in [-0.2, 0) is 14.0 Å². The summed E-state index contributed by atoms with van der Waals surface area (Å²) in [6.07, 6.45) is 0. The second-order valence-electron chi connectivity index (χ2n) is 6.34. The molecule has 0 aliphatic carbocycles. The van der Waals surface area contributed by atoms with Gasteiger partial charge >= 0.3 is 13.1 Å². The van der Waals surface area contributed by atoms with Gasteiger partial charge in [-0.3, -0.25) is 10.1 Å². The fraction of sp³-hybridized carbons (Fsp3) is 0.500. The van der Waals surface area contributed by atoms with Gasteiger partial charge in [-0.05, 0) is 33.8 Å². The van der Waals surface area contributed by atoms with Crippen molar-refractivity contribution in [3.05, 3.63) is 27.8 Å². The van der Waals surface area contributed by atoms with Gasteiger partial charge in [0.25, 0.3) is 5.69 Å². The summed E-state index contributed by atoms with van der Waals surface area (Å²) in [4.78, 5) is 22.3. The molecule has 1 saturated heterocycles. The Labute approximate surface area is 134 Å². The van der Waals surface area contributed by atoms with Crippen LogP contribution in [0.1, 0.15) is 38.1 Å². The smallest absolute Gasteiger partial charge is 0.465 e. The summed E-state index contributed by atoms with van der Waals surface area (Å²) in [5, 5.41) is 11.2. The molecule has 1 aliphatic rings. The van der Waals surface area contributed by atoms with Gasteiger partial charge in [-0.2, -0.15) is 0 Å². The lowest BCUT2D eigenvalue weighted by Crippen LogP contribution is -2.41. The standard InChI is InChI=1S/C14H19BN2O6/c1-13(2)14(3,4)23-15(22-13)9-6-8(12(18)21-5)7-10(11(9)16)17(19)20/h6-7H,16H2,1-5H3. The summed E-state index contributed by atoms with van der Waals surface area (Å²) in [6.45, 7) is 7.40. The number of esters is 1. The SMILES string of the molecule is COC(=O)c1cc(B2OC(C)(C)C(C)(C)O2)c(N)c([N+](=O)[O-])c1. The fourth-order valence-corrected chi connectivity index (χ4v) is 2.21. The van der Waals surface area contributed by atoms with Crippen molar-refractivity contribution < 1.29 is 23.8 Å². The number of nitrogens with zero attached hydrogens (tertiary/aromatic N) is 1. The van der Waals surface area contributed by atoms with Crippen LogP contribution in [0, 0.1) is 10.1 Å². The number of anilines is 1. The summed E-state index contributed by atoms with van der Waals surface area (Å²) in [5.41, 5.74) is 4.38. The molecule has 0 spiro atoms. The van der Waals surface area contributed by atoms with Crippen molar-refractivity contribution in [3.63, 3.8) is 0 Å². The number of nitro groups is 1. The van der Waals surface area contributed by atoms with Gasteiger partial charge < -0.3 is 19.8 Å². The Kier molecular flexibility index (Phi) is 4.12. The molecule has 0 radical (unpaired) electrons. The molecular weight excluding hydrogens is 303 g/mol. The zero-order valence-corrected chi connectivity index (χ0v) is 13.7. The first-order valence-corrected chi connectivity index (χ1v) is 7.02. The van der Waals surface area contributed by atoms with E-state index in [1.807, 2.05) is 27.7 Å². The van der Waals surface area contributed by atoms with Crippen LogP contribution in [0.4, 0.5) is 11.4 Å². The van der Waals surface area contributed by atoms with Crippen LogP contribution >= 0.6 is 0 Å². The number of nitrogens with two attached hydrogens (primary N) is 1. The van der Waals surface area contributed by atoms with E-state index in [2.05, 4.69) is 4.74 Å². The quantitative estimate of drug-likeness (QED) is 0.293. The van der Waals surface area contributed by atoms with Gasteiger partial charge in [0.15, 0.2) is 0 Å². The lowest BCUT2D eigenvalue weighted by molar-refractivity contribution is -0.383. The van der Waals surface area contributed by atoms with Gasteiger partial charge in [-0.15, -0.1) is 0 Å². The van der Waals surface area contributed by atoms with Crippen molar-refractivity contribution >= 4 is 29.9 Å². The van der Waals surface area contributed by atoms with Crippen LogP contribution in [0.3, 0.4) is 0 Å². The van der Waals surface area contributed by atoms with Crippen LogP contribution in [0.25, 0.3) is 0 Å². The Balaban J connectivity index is 2.56. The number of hydrogen-bond acceptors (Lipinski definition) is 7. The van der Waals surface area contributed by atoms with Crippen LogP contribution in [0.15, 0.2) is 12.1 Å². The molecule has 2 N–H and O–H groups in total. The molecule has 0 bridgehead atoms. The van der Waals surface area contributed by atoms with Crippen molar-refractivity contribution in [3.8, 4) is 0 Å². The molecule has 0 aromatic heterocycles. The maximum Gasteiger partial charge on any atom is 0.497 e. The molecule has 2 rings (SSSR count). The van der Waals surface area contributed by atoms with E-state index >= 15 is 0 Å². The predicted molar refractivity (Wildman–Crippen MR) is 84.6 cm³/mol. The number of benzene rings is 1. The normalized spacial score (nSPS) is 18.7. The van der Waals surface area contributed by atoms with E-state index < -0.39 is 34.9 Å². The van der Waals surface area contributed by atoms with Crippen molar-refractivity contribution in [1.82, 2.24) is 0 Å². The number of nitrogen functional groups attached to an aromatic ring is 1. The third kappa shape index (κ3) is 2.89. The van der Waals surface area contributed by atoms with Crippen LogP contribution in [0.2, 0.25) is 0 Å². The second-order valence-corrected chi connectivity index (χ2v) is 6.34. The number of carbonyl (C=O) groups excluding carboxylic acids is 1. The van der Waals surface area contributed by atoms with Crippen LogP contribution < -0.4 is 11.2 Å². The molecule has 1 aliphatic heterocycles. The fourth-order valence-electron chi connectivity index (χ4n) is 2.21. The largest absolute Gasteiger partial charge is 0.497 e. The summed E-state index contributed by atoms with van der Waals surface area (Å²) < 4.78 is 16.3. The molecule has 0 unspecified atom stereocenters. The van der Waals surface area contributed by atoms with Crippen LogP contribution in [0.5, 0.6) is 0 Å². The summed E-state index contributed by atoms with van der Waals surface area (Å²) in [7, 11) is 0.280. The number of ether oxygens (including phenoxy) is 1. The first-order valence-electron chi connectivity index (χ1n) is 7.02. The predicted octanol–water partition coefficient (Wildman–Crippen LogP) is 1.26. The van der Waals surface area contributed by atoms with Crippen molar-refractivity contribution in [2.75, 3.05) is 12.8 Å². The Morgan fingerprint density at radius 3 is 2.22 bits per heavy atom. The summed E-state index contributed by atoms with van der Waals surface area (Å²) in [6, 6.07) is 2.48. The molecule has 9 heteroatoms. The monoisotopic (exact) mass is 322 g/mol. The Bertz CT molecular complexity index is 657. The van der Waals surface area contributed by atoms with Gasteiger partial charge in [0, 0.05) is 11.5 Å². The molecule has 23 heavy (non-hydrogen) atoms. The second kappa shape index (κ2) is 5.50. The van der Waals surface area contributed by atoms with E-state index in [1.165, 1.54) is 13.2 Å². The van der Waals surface area contributed by atoms with E-state index in [1.54, 1.807) is 0 Å². The highest BCUT2D eigenvalue weighted by Crippen LogP contribution is 2.37. The lowest BCUT2D eigenvalue weighted by Gasteiger charge is -2.32. The molecule has 1 aromatic carbocycles. The Morgan fingerprint density at radius 1 is 1.26 bits per heavy atom. The lowest BCUT2D eigenvalue weighted by atomic mass is 9.76. The molecule has 8 nitrogen and oxygen atoms in total. The highest BCUT2D eigenvalue weighted by atomic mass is 16.7. The topological polar surface area (TPSA) is 114 Å². The zero-order chi connectivity index (χ0) is 17.6. The number of hydrogen-bond donors (Lipinski definition) is 1. The molecule has 0 amide bonds. The van der Waals surface area contributed by atoms with Gasteiger partial charge in [-0.1, -0.05) is 0 Å². The van der Waals surface area contributed by atoms with Gasteiger partial charge in [0.05, 0.1) is 28.8 Å². The summed E-state index contributed by atoms with van der Waals surface area (Å²) in [5.74, 6) is -0.703. The molecule has 0 atom stereocenters. The first-order chi connectivity index (χ1) is 10.5. The minimum atomic E-state index is -0.914. The zero-order valence-electron chi connectivity index (χ0n) is 13.7. The average Bonchev–Trinajstić information content (AvgIpc) is 2.66. The van der Waals surface area contributed by atoms with Gasteiger partial charge in [0.1, 0.15) is 5.69 Å². The molecule has 1 heterocycles. The number of carbonyl (C=O) groups is 1. The van der Waals surface area contributed by atoms with Gasteiger partial charge in [-0.25, -0.2) is 4.79 Å². The van der Waals surface area contributed by atoms with Gasteiger partial charge in [0.2, 0.25) is 0 Å². The first kappa shape index (κ1) is 17.2. The molecular formula is C14H19BN2O6.